The molecular formula is C15H17FN4S. The van der Waals surface area contributed by atoms with E-state index in [0.29, 0.717) is 5.52 Å². The maximum Gasteiger partial charge on any atom is 0.151 e. The lowest BCUT2D eigenvalue weighted by molar-refractivity contribution is 0.623. The largest absolute Gasteiger partial charge is 0.378 e. The van der Waals surface area contributed by atoms with Crippen LogP contribution in [-0.4, -0.2) is 21.0 Å². The molecular weight excluding hydrogens is 287 g/mol. The highest BCUT2D eigenvalue weighted by Gasteiger charge is 2.22. The Morgan fingerprint density at radius 2 is 2.10 bits per heavy atom. The number of nitrogens with one attached hydrogen (secondary N) is 1. The van der Waals surface area contributed by atoms with Crippen LogP contribution < -0.4 is 5.32 Å². The van der Waals surface area contributed by atoms with Crippen molar-refractivity contribution in [3.63, 3.8) is 0 Å². The van der Waals surface area contributed by atoms with Crippen LogP contribution in [0.15, 0.2) is 18.2 Å². The summed E-state index contributed by atoms with van der Waals surface area (Å²) >= 11 is 1.40. The summed E-state index contributed by atoms with van der Waals surface area (Å²) in [7, 11) is 1.86. The van der Waals surface area contributed by atoms with Gasteiger partial charge in [-0.3, -0.25) is 0 Å². The van der Waals surface area contributed by atoms with Crippen LogP contribution in [0.25, 0.3) is 22.4 Å². The van der Waals surface area contributed by atoms with E-state index in [4.69, 9.17) is 0 Å². The van der Waals surface area contributed by atoms with Crippen LogP contribution in [0.5, 0.6) is 0 Å². The Labute approximate surface area is 126 Å². The van der Waals surface area contributed by atoms with Gasteiger partial charge in [0.25, 0.3) is 0 Å². The molecule has 0 spiro atoms. The van der Waals surface area contributed by atoms with Crippen LogP contribution in [0.2, 0.25) is 0 Å². The number of hydrogen-bond donors (Lipinski definition) is 1. The number of fused-ring (bicyclic) bond motifs is 1. The number of para-hydroxylation sites is 1. The summed E-state index contributed by atoms with van der Waals surface area (Å²) in [5.41, 5.74) is 3.08. The second kappa shape index (κ2) is 5.11. The molecule has 0 unspecified atom stereocenters. The zero-order chi connectivity index (χ0) is 15.1. The Bertz CT molecular complexity index is 803. The predicted molar refractivity (Wildman–Crippen MR) is 85.5 cm³/mol. The van der Waals surface area contributed by atoms with Crippen molar-refractivity contribution in [1.82, 2.24) is 13.9 Å². The maximum atomic E-state index is 14.1. The average molecular weight is 304 g/mol. The Hall–Kier alpha value is -1.95. The number of aryl methyl sites for hydroxylation is 1. The van der Waals surface area contributed by atoms with E-state index in [1.807, 2.05) is 20.0 Å². The molecule has 0 saturated heterocycles. The first-order valence-corrected chi connectivity index (χ1v) is 7.62. The van der Waals surface area contributed by atoms with Crippen molar-refractivity contribution in [3.05, 3.63) is 29.7 Å². The molecule has 0 bridgehead atoms. The van der Waals surface area contributed by atoms with Gasteiger partial charge in [0.1, 0.15) is 16.3 Å². The highest BCUT2D eigenvalue weighted by Crippen LogP contribution is 2.37. The molecule has 0 fully saturated rings. The molecule has 6 heteroatoms. The number of imidazole rings is 1. The fourth-order valence-electron chi connectivity index (χ4n) is 2.59. The zero-order valence-electron chi connectivity index (χ0n) is 12.4. The quantitative estimate of drug-likeness (QED) is 0.787. The predicted octanol–water partition coefficient (Wildman–Crippen LogP) is 4.23. The van der Waals surface area contributed by atoms with Gasteiger partial charge >= 0.3 is 0 Å². The monoisotopic (exact) mass is 304 g/mol. The lowest BCUT2D eigenvalue weighted by Gasteiger charge is -2.13. The third-order valence-electron chi connectivity index (χ3n) is 3.50. The van der Waals surface area contributed by atoms with Crippen LogP contribution in [-0.2, 0) is 0 Å². The van der Waals surface area contributed by atoms with E-state index in [1.165, 1.54) is 17.6 Å². The number of benzene rings is 1. The van der Waals surface area contributed by atoms with E-state index in [9.17, 15) is 4.39 Å². The van der Waals surface area contributed by atoms with Crippen molar-refractivity contribution >= 4 is 27.6 Å². The molecule has 0 aliphatic carbocycles. The molecule has 2 aromatic heterocycles. The molecule has 3 aromatic rings. The molecule has 110 valence electrons. The van der Waals surface area contributed by atoms with Crippen molar-refractivity contribution in [2.75, 3.05) is 12.4 Å². The van der Waals surface area contributed by atoms with Crippen molar-refractivity contribution in [1.29, 1.82) is 0 Å². The molecule has 0 amide bonds. The Morgan fingerprint density at radius 3 is 2.76 bits per heavy atom. The minimum atomic E-state index is -0.292. The van der Waals surface area contributed by atoms with Crippen LogP contribution >= 0.6 is 11.5 Å². The molecule has 21 heavy (non-hydrogen) atoms. The van der Waals surface area contributed by atoms with Crippen LogP contribution in [0.3, 0.4) is 0 Å². The number of hydrogen-bond acceptors (Lipinski definition) is 4. The topological polar surface area (TPSA) is 42.7 Å². The van der Waals surface area contributed by atoms with Crippen molar-refractivity contribution in [3.8, 4) is 11.4 Å². The molecule has 1 N–H and O–H groups in total. The van der Waals surface area contributed by atoms with Gasteiger partial charge in [-0.15, -0.1) is 0 Å². The molecule has 3 rings (SSSR count). The highest BCUT2D eigenvalue weighted by atomic mass is 32.1. The number of anilines is 1. The lowest BCUT2D eigenvalue weighted by Crippen LogP contribution is -2.04. The fourth-order valence-corrected chi connectivity index (χ4v) is 3.33. The standard InChI is InChI=1S/C15H17FN4S/c1-8(2)20-11-7-5-6-10(16)13(11)18-14(20)12-9(3)19-21-15(12)17-4/h5-8,17H,1-4H3. The third kappa shape index (κ3) is 2.10. The number of aromatic nitrogens is 3. The summed E-state index contributed by atoms with van der Waals surface area (Å²) in [5.74, 6) is 0.473. The summed E-state index contributed by atoms with van der Waals surface area (Å²) in [6.45, 7) is 6.10. The summed E-state index contributed by atoms with van der Waals surface area (Å²) in [6.07, 6.45) is 0. The number of nitrogens with zero attached hydrogens (tertiary/aromatic N) is 3. The Morgan fingerprint density at radius 1 is 1.33 bits per heavy atom. The molecule has 0 radical (unpaired) electrons. The van der Waals surface area contributed by atoms with Gasteiger partial charge in [0.05, 0.1) is 16.8 Å². The van der Waals surface area contributed by atoms with Crippen LogP contribution in [0.1, 0.15) is 25.6 Å². The van der Waals surface area contributed by atoms with Crippen molar-refractivity contribution in [2.24, 2.45) is 0 Å². The molecule has 4 nitrogen and oxygen atoms in total. The summed E-state index contributed by atoms with van der Waals surface area (Å²) in [5, 5.41) is 4.10. The molecule has 1 aromatic carbocycles. The molecule has 2 heterocycles. The van der Waals surface area contributed by atoms with Gasteiger partial charge in [-0.1, -0.05) is 6.07 Å². The van der Waals surface area contributed by atoms with Gasteiger partial charge in [-0.25, -0.2) is 9.37 Å². The van der Waals surface area contributed by atoms with Gasteiger partial charge in [0, 0.05) is 13.1 Å². The Kier molecular flexibility index (Phi) is 3.41. The number of rotatable bonds is 3. The number of halogens is 1. The van der Waals surface area contributed by atoms with Crippen LogP contribution in [0.4, 0.5) is 9.39 Å². The fraction of sp³-hybridized carbons (Fsp3) is 0.333. The summed E-state index contributed by atoms with van der Waals surface area (Å²) in [6, 6.07) is 5.25. The lowest BCUT2D eigenvalue weighted by atomic mass is 10.2. The first-order chi connectivity index (χ1) is 10.0. The molecule has 0 saturated carbocycles. The van der Waals surface area contributed by atoms with E-state index in [-0.39, 0.29) is 11.9 Å². The van der Waals surface area contributed by atoms with Crippen molar-refractivity contribution < 1.29 is 4.39 Å². The summed E-state index contributed by atoms with van der Waals surface area (Å²) in [4.78, 5) is 4.56. The second-order valence-electron chi connectivity index (χ2n) is 5.23. The van der Waals surface area contributed by atoms with Gasteiger partial charge in [-0.05, 0) is 44.4 Å². The van der Waals surface area contributed by atoms with E-state index in [0.717, 1.165) is 27.6 Å². The third-order valence-corrected chi connectivity index (χ3v) is 4.46. The SMILES string of the molecule is CNc1snc(C)c1-c1nc2c(F)cccc2n1C(C)C. The van der Waals surface area contributed by atoms with Crippen molar-refractivity contribution in [2.45, 2.75) is 26.8 Å². The first-order valence-electron chi connectivity index (χ1n) is 6.85. The van der Waals surface area contributed by atoms with Gasteiger partial charge < -0.3 is 9.88 Å². The van der Waals surface area contributed by atoms with Gasteiger partial charge in [-0.2, -0.15) is 4.37 Å². The first kappa shape index (κ1) is 14.0. The molecule has 0 aliphatic heterocycles. The second-order valence-corrected chi connectivity index (χ2v) is 6.00. The minimum absolute atomic E-state index is 0.177. The summed E-state index contributed by atoms with van der Waals surface area (Å²) < 4.78 is 20.5. The highest BCUT2D eigenvalue weighted by molar-refractivity contribution is 7.10. The van der Waals surface area contributed by atoms with E-state index < -0.39 is 0 Å². The van der Waals surface area contributed by atoms with Crippen LogP contribution in [0, 0.1) is 12.7 Å². The van der Waals surface area contributed by atoms with Gasteiger partial charge in [0.2, 0.25) is 0 Å². The molecule has 0 aliphatic rings. The normalized spacial score (nSPS) is 11.5. The van der Waals surface area contributed by atoms with E-state index in [1.54, 1.807) is 6.07 Å². The average Bonchev–Trinajstić information content (AvgIpc) is 2.99. The smallest absolute Gasteiger partial charge is 0.151 e. The Balaban J connectivity index is 2.39. The molecule has 0 atom stereocenters. The van der Waals surface area contributed by atoms with Gasteiger partial charge in [0.15, 0.2) is 5.82 Å². The van der Waals surface area contributed by atoms with E-state index in [2.05, 4.69) is 33.1 Å². The van der Waals surface area contributed by atoms with E-state index >= 15 is 0 Å². The minimum Gasteiger partial charge on any atom is -0.378 e. The maximum absolute atomic E-state index is 14.1. The zero-order valence-corrected chi connectivity index (χ0v) is 13.3.